The van der Waals surface area contributed by atoms with Gasteiger partial charge in [0.25, 0.3) is 10.0 Å². The molecule has 1 atom stereocenters. The van der Waals surface area contributed by atoms with E-state index in [9.17, 15) is 18.0 Å². The molecule has 226 valence electrons. The van der Waals surface area contributed by atoms with Gasteiger partial charge in [-0.3, -0.25) is 13.9 Å². The largest absolute Gasteiger partial charge is 0.494 e. The molecule has 3 rings (SSSR count). The lowest BCUT2D eigenvalue weighted by Crippen LogP contribution is -2.53. The molecule has 0 fully saturated rings. The average molecular weight is 594 g/mol. The first kappa shape index (κ1) is 32.7. The monoisotopic (exact) mass is 593 g/mol. The molecule has 1 N–H and O–H groups in total. The third-order valence-corrected chi connectivity index (χ3v) is 8.67. The van der Waals surface area contributed by atoms with Crippen LogP contribution in [0.1, 0.15) is 45.2 Å². The highest BCUT2D eigenvalue weighted by atomic mass is 32.2. The van der Waals surface area contributed by atoms with Crippen LogP contribution in [-0.2, 0) is 26.0 Å². The first-order valence-corrected chi connectivity index (χ1v) is 15.9. The Morgan fingerprint density at radius 1 is 0.905 bits per heavy atom. The van der Waals surface area contributed by atoms with Gasteiger partial charge in [0, 0.05) is 13.1 Å². The summed E-state index contributed by atoms with van der Waals surface area (Å²) in [6, 6.07) is 22.1. The second-order valence-electron chi connectivity index (χ2n) is 10.6. The van der Waals surface area contributed by atoms with Gasteiger partial charge in [-0.2, -0.15) is 0 Å². The Labute approximate surface area is 250 Å². The predicted octanol–water partition coefficient (Wildman–Crippen LogP) is 5.21. The number of amides is 2. The smallest absolute Gasteiger partial charge is 0.264 e. The maximum absolute atomic E-state index is 14.1. The van der Waals surface area contributed by atoms with Gasteiger partial charge in [0.2, 0.25) is 11.8 Å². The van der Waals surface area contributed by atoms with Crippen LogP contribution in [0.3, 0.4) is 0 Å². The third-order valence-electron chi connectivity index (χ3n) is 6.88. The van der Waals surface area contributed by atoms with Crippen molar-refractivity contribution in [2.45, 2.75) is 58.4 Å². The van der Waals surface area contributed by atoms with E-state index in [1.807, 2.05) is 77.1 Å². The first-order valence-electron chi connectivity index (χ1n) is 14.5. The van der Waals surface area contributed by atoms with E-state index >= 15 is 0 Å². The molecule has 0 spiro atoms. The molecule has 9 heteroatoms. The zero-order chi connectivity index (χ0) is 30.7. The molecule has 0 aliphatic rings. The summed E-state index contributed by atoms with van der Waals surface area (Å²) >= 11 is 0. The Bertz CT molecular complexity index is 1390. The minimum absolute atomic E-state index is 0.0388. The number of nitrogens with zero attached hydrogens (tertiary/aromatic N) is 2. The quantitative estimate of drug-likeness (QED) is 0.261. The Morgan fingerprint density at radius 2 is 1.55 bits per heavy atom. The second-order valence-corrected chi connectivity index (χ2v) is 12.5. The fourth-order valence-corrected chi connectivity index (χ4v) is 5.97. The van der Waals surface area contributed by atoms with Crippen molar-refractivity contribution in [3.8, 4) is 5.75 Å². The van der Waals surface area contributed by atoms with Crippen molar-refractivity contribution in [2.75, 3.05) is 30.5 Å². The lowest BCUT2D eigenvalue weighted by atomic mass is 10.1. The van der Waals surface area contributed by atoms with E-state index in [1.54, 1.807) is 24.3 Å². The van der Waals surface area contributed by atoms with Gasteiger partial charge in [0.05, 0.1) is 17.2 Å². The number of aryl methyl sites for hydroxylation is 1. The predicted molar refractivity (Wildman–Crippen MR) is 167 cm³/mol. The SMILES string of the molecule is CCOc1ccc(S(=O)(=O)N(CC(=O)N(CCc2ccccc2)[C@@H](CC)C(=O)NCC(C)C)c2ccc(C)cc2)cc1. The molecule has 0 radical (unpaired) electrons. The van der Waals surface area contributed by atoms with Crippen molar-refractivity contribution in [2.24, 2.45) is 5.92 Å². The van der Waals surface area contributed by atoms with Crippen LogP contribution in [0.4, 0.5) is 5.69 Å². The molecule has 8 nitrogen and oxygen atoms in total. The highest BCUT2D eigenvalue weighted by molar-refractivity contribution is 7.92. The van der Waals surface area contributed by atoms with E-state index < -0.39 is 28.5 Å². The van der Waals surface area contributed by atoms with Crippen LogP contribution in [0.2, 0.25) is 0 Å². The summed E-state index contributed by atoms with van der Waals surface area (Å²) < 4.78 is 34.6. The average Bonchev–Trinajstić information content (AvgIpc) is 2.98. The fourth-order valence-electron chi connectivity index (χ4n) is 4.56. The molecule has 0 bridgehead atoms. The number of hydrogen-bond acceptors (Lipinski definition) is 5. The summed E-state index contributed by atoms with van der Waals surface area (Å²) in [6.07, 6.45) is 0.914. The summed E-state index contributed by atoms with van der Waals surface area (Å²) in [7, 11) is -4.14. The zero-order valence-corrected chi connectivity index (χ0v) is 26.1. The topological polar surface area (TPSA) is 96.0 Å². The van der Waals surface area contributed by atoms with Gasteiger partial charge in [-0.1, -0.05) is 68.8 Å². The number of nitrogens with one attached hydrogen (secondary N) is 1. The van der Waals surface area contributed by atoms with Crippen LogP contribution in [0.25, 0.3) is 0 Å². The first-order chi connectivity index (χ1) is 20.1. The molecular formula is C33H43N3O5S. The van der Waals surface area contributed by atoms with Crippen LogP contribution < -0.4 is 14.4 Å². The molecule has 0 aliphatic heterocycles. The molecular weight excluding hydrogens is 550 g/mol. The van der Waals surface area contributed by atoms with Crippen LogP contribution >= 0.6 is 0 Å². The van der Waals surface area contributed by atoms with Crippen molar-refractivity contribution in [3.63, 3.8) is 0 Å². The number of hydrogen-bond donors (Lipinski definition) is 1. The van der Waals surface area contributed by atoms with E-state index in [4.69, 9.17) is 4.74 Å². The van der Waals surface area contributed by atoms with E-state index in [1.165, 1.54) is 17.0 Å². The third kappa shape index (κ3) is 8.82. The summed E-state index contributed by atoms with van der Waals surface area (Å²) in [5, 5.41) is 2.95. The standard InChI is InChI=1S/C33H43N3O5S/c1-6-31(33(38)34-23-25(3)4)35(22-21-27-11-9-8-10-12-27)32(37)24-36(28-15-13-26(5)14-16-28)42(39,40)30-19-17-29(18-20-30)41-7-2/h8-20,25,31H,6-7,21-24H2,1-5H3,(H,34,38)/t31-/m0/s1. The van der Waals surface area contributed by atoms with E-state index in [0.717, 1.165) is 15.4 Å². The Hall–Kier alpha value is -3.85. The second kappa shape index (κ2) is 15.4. The van der Waals surface area contributed by atoms with Gasteiger partial charge in [-0.15, -0.1) is 0 Å². The number of sulfonamides is 1. The summed E-state index contributed by atoms with van der Waals surface area (Å²) in [5.74, 6) is 0.104. The zero-order valence-electron chi connectivity index (χ0n) is 25.2. The van der Waals surface area contributed by atoms with Crippen molar-refractivity contribution < 1.29 is 22.7 Å². The lowest BCUT2D eigenvalue weighted by molar-refractivity contribution is -0.139. The van der Waals surface area contributed by atoms with Gasteiger partial charge >= 0.3 is 0 Å². The Kier molecular flexibility index (Phi) is 12.0. The highest BCUT2D eigenvalue weighted by Crippen LogP contribution is 2.26. The molecule has 3 aromatic carbocycles. The number of benzene rings is 3. The van der Waals surface area contributed by atoms with Gasteiger partial charge in [-0.25, -0.2) is 8.42 Å². The summed E-state index contributed by atoms with van der Waals surface area (Å²) in [4.78, 5) is 28.9. The van der Waals surface area contributed by atoms with E-state index in [2.05, 4.69) is 5.32 Å². The van der Waals surface area contributed by atoms with Gasteiger partial charge in [0.15, 0.2) is 0 Å². The molecule has 0 saturated carbocycles. The Balaban J connectivity index is 1.99. The number of carbonyl (C=O) groups is 2. The molecule has 0 unspecified atom stereocenters. The van der Waals surface area contributed by atoms with Gasteiger partial charge < -0.3 is 15.0 Å². The molecule has 0 saturated heterocycles. The number of carbonyl (C=O) groups excluding carboxylic acids is 2. The van der Waals surface area contributed by atoms with Crippen molar-refractivity contribution in [1.29, 1.82) is 0 Å². The summed E-state index contributed by atoms with van der Waals surface area (Å²) in [6.45, 7) is 10.4. The van der Waals surface area contributed by atoms with Crippen molar-refractivity contribution >= 4 is 27.5 Å². The maximum atomic E-state index is 14.1. The number of ether oxygens (including phenoxy) is 1. The van der Waals surface area contributed by atoms with Gasteiger partial charge in [-0.05, 0) is 74.6 Å². The fraction of sp³-hybridized carbons (Fsp3) is 0.394. The Morgan fingerprint density at radius 3 is 2.12 bits per heavy atom. The van der Waals surface area contributed by atoms with Crippen LogP contribution in [0.5, 0.6) is 5.75 Å². The van der Waals surface area contributed by atoms with Crippen molar-refractivity contribution in [3.05, 3.63) is 90.0 Å². The van der Waals surface area contributed by atoms with E-state index in [-0.39, 0.29) is 23.3 Å². The minimum Gasteiger partial charge on any atom is -0.494 e. The molecule has 0 heterocycles. The van der Waals surface area contributed by atoms with Crippen LogP contribution in [0.15, 0.2) is 83.8 Å². The molecule has 42 heavy (non-hydrogen) atoms. The van der Waals surface area contributed by atoms with Gasteiger partial charge in [0.1, 0.15) is 18.3 Å². The maximum Gasteiger partial charge on any atom is 0.264 e. The molecule has 0 aliphatic carbocycles. The molecule has 3 aromatic rings. The minimum atomic E-state index is -4.14. The van der Waals surface area contributed by atoms with E-state index in [0.29, 0.717) is 37.4 Å². The lowest BCUT2D eigenvalue weighted by Gasteiger charge is -2.33. The molecule has 0 aromatic heterocycles. The van der Waals surface area contributed by atoms with Crippen LogP contribution in [0, 0.1) is 12.8 Å². The molecule has 2 amide bonds. The summed E-state index contributed by atoms with van der Waals surface area (Å²) in [5.41, 5.74) is 2.34. The number of anilines is 1. The highest BCUT2D eigenvalue weighted by Gasteiger charge is 2.33. The normalized spacial score (nSPS) is 12.0. The van der Waals surface area contributed by atoms with Crippen molar-refractivity contribution in [1.82, 2.24) is 10.2 Å². The van der Waals surface area contributed by atoms with Crippen LogP contribution in [-0.4, -0.2) is 57.4 Å². The number of rotatable bonds is 15.